The van der Waals surface area contributed by atoms with Gasteiger partial charge in [0, 0.05) is 31.6 Å². The van der Waals surface area contributed by atoms with E-state index in [0.29, 0.717) is 43.2 Å². The number of aliphatic imine (C=N–C) groups is 1. The van der Waals surface area contributed by atoms with E-state index in [1.54, 1.807) is 23.3 Å². The normalized spacial score (nSPS) is 14.9. The van der Waals surface area contributed by atoms with E-state index in [2.05, 4.69) is 10.4 Å². The first kappa shape index (κ1) is 27.8. The standard InChI is InChI=1S/C27H25Cl2F3N4O2/c1-2-13-35(24-21(28)16-19(17-22(24)29)27(30,31)32)14-12-33-36-25(18-7-4-3-5-8-18)34-23(26(36)37)11-10-20-9-6-15-38-20/h3-9,11,15-17,33H,2,10,12-14H2,1H3. The van der Waals surface area contributed by atoms with E-state index in [4.69, 9.17) is 27.6 Å². The summed E-state index contributed by atoms with van der Waals surface area (Å²) in [7, 11) is 0. The van der Waals surface area contributed by atoms with Crippen molar-refractivity contribution in [3.05, 3.63) is 99.6 Å². The van der Waals surface area contributed by atoms with Gasteiger partial charge in [0.05, 0.1) is 27.6 Å². The molecular formula is C27H25Cl2F3N4O2. The maximum Gasteiger partial charge on any atom is 0.416 e. The van der Waals surface area contributed by atoms with Crippen LogP contribution in [0.2, 0.25) is 10.0 Å². The second kappa shape index (κ2) is 12.1. The minimum atomic E-state index is -4.56. The Labute approximate surface area is 228 Å². The van der Waals surface area contributed by atoms with E-state index in [9.17, 15) is 18.0 Å². The molecule has 3 aromatic rings. The van der Waals surface area contributed by atoms with Gasteiger partial charge in [-0.05, 0) is 36.8 Å². The number of benzene rings is 2. The number of halogens is 5. The summed E-state index contributed by atoms with van der Waals surface area (Å²) in [6.45, 7) is 3.01. The van der Waals surface area contributed by atoms with Crippen molar-refractivity contribution in [1.82, 2.24) is 10.4 Å². The molecule has 6 nitrogen and oxygen atoms in total. The molecule has 0 spiro atoms. The molecule has 2 aromatic carbocycles. The SMILES string of the molecule is CCCN(CCNN1C(=O)C(=CCc2ccco2)N=C1c1ccccc1)c1c(Cl)cc(C(F)(F)F)cc1Cl. The van der Waals surface area contributed by atoms with Crippen LogP contribution >= 0.6 is 23.2 Å². The van der Waals surface area contributed by atoms with Gasteiger partial charge in [0.15, 0.2) is 5.84 Å². The zero-order valence-electron chi connectivity index (χ0n) is 20.4. The van der Waals surface area contributed by atoms with E-state index in [0.717, 1.165) is 17.7 Å². The van der Waals surface area contributed by atoms with Crippen LogP contribution in [0.4, 0.5) is 18.9 Å². The fourth-order valence-corrected chi connectivity index (χ4v) is 4.77. The van der Waals surface area contributed by atoms with Gasteiger partial charge in [0.1, 0.15) is 11.5 Å². The van der Waals surface area contributed by atoms with Gasteiger partial charge in [-0.1, -0.05) is 60.5 Å². The summed E-state index contributed by atoms with van der Waals surface area (Å²) < 4.78 is 44.9. The Morgan fingerprint density at radius 2 is 1.79 bits per heavy atom. The molecule has 1 aromatic heterocycles. The molecule has 0 atom stereocenters. The van der Waals surface area contributed by atoms with Crippen molar-refractivity contribution in [3.8, 4) is 0 Å². The number of nitrogens with zero attached hydrogens (tertiary/aromatic N) is 3. The zero-order chi connectivity index (χ0) is 27.3. The number of furan rings is 1. The molecule has 0 saturated heterocycles. The van der Waals surface area contributed by atoms with E-state index in [1.165, 1.54) is 5.01 Å². The van der Waals surface area contributed by atoms with Crippen LogP contribution < -0.4 is 10.3 Å². The van der Waals surface area contributed by atoms with Crippen molar-refractivity contribution < 1.29 is 22.4 Å². The Kier molecular flexibility index (Phi) is 8.81. The Bertz CT molecular complexity index is 1300. The van der Waals surface area contributed by atoms with Crippen molar-refractivity contribution in [2.75, 3.05) is 24.5 Å². The van der Waals surface area contributed by atoms with Crippen molar-refractivity contribution in [2.24, 2.45) is 4.99 Å². The molecular weight excluding hydrogens is 540 g/mol. The molecule has 38 heavy (non-hydrogen) atoms. The van der Waals surface area contributed by atoms with Gasteiger partial charge in [0.25, 0.3) is 5.91 Å². The lowest BCUT2D eigenvalue weighted by Gasteiger charge is -2.28. The van der Waals surface area contributed by atoms with Gasteiger partial charge >= 0.3 is 6.18 Å². The molecule has 11 heteroatoms. The van der Waals surface area contributed by atoms with Gasteiger partial charge in [-0.25, -0.2) is 15.4 Å². The predicted molar refractivity (Wildman–Crippen MR) is 142 cm³/mol. The maximum absolute atomic E-state index is 13.2. The van der Waals surface area contributed by atoms with Gasteiger partial charge in [-0.3, -0.25) is 4.79 Å². The predicted octanol–water partition coefficient (Wildman–Crippen LogP) is 6.74. The van der Waals surface area contributed by atoms with Crippen LogP contribution in [0.1, 0.15) is 30.2 Å². The second-order valence-electron chi connectivity index (χ2n) is 8.50. The van der Waals surface area contributed by atoms with Gasteiger partial charge in [-0.2, -0.15) is 13.2 Å². The molecule has 2 heterocycles. The lowest BCUT2D eigenvalue weighted by molar-refractivity contribution is -0.137. The highest BCUT2D eigenvalue weighted by Crippen LogP contribution is 2.40. The lowest BCUT2D eigenvalue weighted by Crippen LogP contribution is -2.47. The van der Waals surface area contributed by atoms with Crippen molar-refractivity contribution in [1.29, 1.82) is 0 Å². The van der Waals surface area contributed by atoms with Crippen LogP contribution in [0, 0.1) is 0 Å². The minimum absolute atomic E-state index is 0.0924. The fraction of sp³-hybridized carbons (Fsp3) is 0.259. The van der Waals surface area contributed by atoms with Crippen LogP contribution in [0.5, 0.6) is 0 Å². The summed E-state index contributed by atoms with van der Waals surface area (Å²) in [5.74, 6) is 0.811. The average Bonchev–Trinajstić information content (AvgIpc) is 3.50. The molecule has 0 aliphatic carbocycles. The molecule has 1 amide bonds. The van der Waals surface area contributed by atoms with E-state index >= 15 is 0 Å². The van der Waals surface area contributed by atoms with Gasteiger partial charge in [0.2, 0.25) is 0 Å². The highest BCUT2D eigenvalue weighted by atomic mass is 35.5. The first-order valence-corrected chi connectivity index (χ1v) is 12.7. The van der Waals surface area contributed by atoms with Crippen LogP contribution in [0.25, 0.3) is 0 Å². The van der Waals surface area contributed by atoms with Crippen LogP contribution in [-0.2, 0) is 17.4 Å². The van der Waals surface area contributed by atoms with Crippen LogP contribution in [0.15, 0.2) is 82.0 Å². The van der Waals surface area contributed by atoms with Gasteiger partial charge < -0.3 is 9.32 Å². The summed E-state index contributed by atoms with van der Waals surface area (Å²) in [4.78, 5) is 19.6. The molecule has 0 fully saturated rings. The molecule has 0 radical (unpaired) electrons. The molecule has 0 bridgehead atoms. The number of alkyl halides is 3. The number of amidine groups is 1. The number of amides is 1. The topological polar surface area (TPSA) is 61.1 Å². The van der Waals surface area contributed by atoms with E-state index < -0.39 is 11.7 Å². The third-order valence-corrected chi connectivity index (χ3v) is 6.35. The number of carbonyl (C=O) groups is 1. The first-order valence-electron chi connectivity index (χ1n) is 11.9. The summed E-state index contributed by atoms with van der Waals surface area (Å²) >= 11 is 12.5. The van der Waals surface area contributed by atoms with Crippen LogP contribution in [0.3, 0.4) is 0 Å². The number of hydrogen-bond acceptors (Lipinski definition) is 5. The zero-order valence-corrected chi connectivity index (χ0v) is 21.9. The monoisotopic (exact) mass is 564 g/mol. The molecule has 200 valence electrons. The van der Waals surface area contributed by atoms with Crippen molar-refractivity contribution in [2.45, 2.75) is 25.9 Å². The number of rotatable bonds is 10. The summed E-state index contributed by atoms with van der Waals surface area (Å²) in [5.41, 5.74) is 3.53. The molecule has 0 saturated carbocycles. The quantitative estimate of drug-likeness (QED) is 0.277. The number of carbonyl (C=O) groups excluding carboxylic acids is 1. The smallest absolute Gasteiger partial charge is 0.416 e. The molecule has 4 rings (SSSR count). The highest BCUT2D eigenvalue weighted by Gasteiger charge is 2.33. The third kappa shape index (κ3) is 6.40. The second-order valence-corrected chi connectivity index (χ2v) is 9.31. The largest absolute Gasteiger partial charge is 0.469 e. The lowest BCUT2D eigenvalue weighted by atomic mass is 10.1. The number of hydrogen-bond donors (Lipinski definition) is 1. The summed E-state index contributed by atoms with van der Waals surface area (Å²) in [6, 6.07) is 14.6. The summed E-state index contributed by atoms with van der Waals surface area (Å²) in [5, 5.41) is 1.19. The number of nitrogens with one attached hydrogen (secondary N) is 1. The Morgan fingerprint density at radius 1 is 1.08 bits per heavy atom. The fourth-order valence-electron chi connectivity index (χ4n) is 4.04. The Hall–Kier alpha value is -3.27. The van der Waals surface area contributed by atoms with E-state index in [-0.39, 0.29) is 28.2 Å². The van der Waals surface area contributed by atoms with E-state index in [1.807, 2.05) is 43.3 Å². The average molecular weight is 565 g/mol. The molecule has 1 N–H and O–H groups in total. The van der Waals surface area contributed by atoms with Crippen LogP contribution in [-0.4, -0.2) is 36.4 Å². The number of hydrazine groups is 1. The molecule has 1 aliphatic rings. The molecule has 0 unspecified atom stereocenters. The minimum Gasteiger partial charge on any atom is -0.469 e. The van der Waals surface area contributed by atoms with Crippen molar-refractivity contribution >= 4 is 40.6 Å². The van der Waals surface area contributed by atoms with Gasteiger partial charge in [-0.15, -0.1) is 0 Å². The van der Waals surface area contributed by atoms with Crippen molar-refractivity contribution in [3.63, 3.8) is 0 Å². The Morgan fingerprint density at radius 3 is 2.39 bits per heavy atom. The summed E-state index contributed by atoms with van der Waals surface area (Å²) in [6.07, 6.45) is -0.186. The molecule has 1 aliphatic heterocycles. The highest BCUT2D eigenvalue weighted by molar-refractivity contribution is 6.39. The number of allylic oxidation sites excluding steroid dienone is 1. The maximum atomic E-state index is 13.2. The third-order valence-electron chi connectivity index (χ3n) is 5.77. The Balaban J connectivity index is 1.52. The number of anilines is 1. The first-order chi connectivity index (χ1) is 18.2.